The topological polar surface area (TPSA) is 47.4 Å². The van der Waals surface area contributed by atoms with Crippen LogP contribution in [0.1, 0.15) is 10.7 Å². The van der Waals surface area contributed by atoms with Crippen LogP contribution < -0.4 is 5.56 Å². The normalized spacial score (nSPS) is 15.5. The number of aromatic nitrogens is 2. The smallest absolute Gasteiger partial charge is 0.262 e. The lowest BCUT2D eigenvalue weighted by Gasteiger charge is -2.26. The molecule has 0 bridgehead atoms. The molecule has 0 N–H and O–H groups in total. The summed E-state index contributed by atoms with van der Waals surface area (Å²) in [5.41, 5.74) is 1.70. The summed E-state index contributed by atoms with van der Waals surface area (Å²) < 4.78 is 20.5. The molecule has 0 saturated carbocycles. The van der Waals surface area contributed by atoms with Crippen molar-refractivity contribution in [1.82, 2.24) is 14.5 Å². The van der Waals surface area contributed by atoms with Gasteiger partial charge in [-0.2, -0.15) is 0 Å². The lowest BCUT2D eigenvalue weighted by molar-refractivity contribution is 0.0362. The number of thiophene rings is 1. The third-order valence-corrected chi connectivity index (χ3v) is 6.05. The Balaban J connectivity index is 1.76. The Morgan fingerprint density at radius 2 is 1.85 bits per heavy atom. The zero-order valence-electron chi connectivity index (χ0n) is 15.5. The molecule has 0 atom stereocenters. The van der Waals surface area contributed by atoms with Gasteiger partial charge in [-0.1, -0.05) is 12.1 Å². The Hall–Kier alpha value is -2.09. The highest BCUT2D eigenvalue weighted by molar-refractivity contribution is 7.19. The van der Waals surface area contributed by atoms with Crippen LogP contribution in [0, 0.1) is 19.7 Å². The van der Waals surface area contributed by atoms with E-state index >= 15 is 0 Å². The standard InChI is InChI=1S/C20H22FN3O2S/c1-13-17(15-3-5-16(21)6-4-15)18-19(27-13)22-14(2)24(20(18)25)8-7-23-9-11-26-12-10-23/h3-6H,7-12H2,1-2H3. The molecule has 5 nitrogen and oxygen atoms in total. The Labute approximate surface area is 161 Å². The van der Waals surface area contributed by atoms with E-state index in [9.17, 15) is 9.18 Å². The summed E-state index contributed by atoms with van der Waals surface area (Å²) in [6, 6.07) is 6.30. The number of aryl methyl sites for hydroxylation is 2. The van der Waals surface area contributed by atoms with Gasteiger partial charge < -0.3 is 4.74 Å². The second-order valence-corrected chi connectivity index (χ2v) is 7.99. The van der Waals surface area contributed by atoms with Crippen LogP contribution in [0.25, 0.3) is 21.3 Å². The molecule has 1 aliphatic rings. The zero-order valence-corrected chi connectivity index (χ0v) is 16.3. The molecule has 142 valence electrons. The zero-order chi connectivity index (χ0) is 19.0. The lowest BCUT2D eigenvalue weighted by atomic mass is 10.0. The quantitative estimate of drug-likeness (QED) is 0.690. The molecule has 1 aromatic carbocycles. The molecular weight excluding hydrogens is 365 g/mol. The molecule has 1 aliphatic heterocycles. The molecule has 3 heterocycles. The van der Waals surface area contributed by atoms with Crippen LogP contribution in [-0.2, 0) is 11.3 Å². The molecular formula is C20H22FN3O2S. The van der Waals surface area contributed by atoms with Crippen LogP contribution in [0.4, 0.5) is 4.39 Å². The summed E-state index contributed by atoms with van der Waals surface area (Å²) >= 11 is 1.52. The molecule has 0 spiro atoms. The van der Waals surface area contributed by atoms with Gasteiger partial charge in [0, 0.05) is 36.6 Å². The van der Waals surface area contributed by atoms with Crippen molar-refractivity contribution in [3.05, 3.63) is 51.1 Å². The number of fused-ring (bicyclic) bond motifs is 1. The highest BCUT2D eigenvalue weighted by Crippen LogP contribution is 2.35. The monoisotopic (exact) mass is 387 g/mol. The van der Waals surface area contributed by atoms with Gasteiger partial charge in [0.2, 0.25) is 0 Å². The van der Waals surface area contributed by atoms with Crippen LogP contribution in [-0.4, -0.2) is 47.3 Å². The van der Waals surface area contributed by atoms with Gasteiger partial charge >= 0.3 is 0 Å². The van der Waals surface area contributed by atoms with Gasteiger partial charge in [-0.15, -0.1) is 11.3 Å². The molecule has 1 saturated heterocycles. The number of benzene rings is 1. The molecule has 7 heteroatoms. The fourth-order valence-corrected chi connectivity index (χ4v) is 4.67. The summed E-state index contributed by atoms with van der Waals surface area (Å²) in [5.74, 6) is 0.445. The number of morpholine rings is 1. The van der Waals surface area contributed by atoms with Gasteiger partial charge in [0.25, 0.3) is 5.56 Å². The number of nitrogens with zero attached hydrogens (tertiary/aromatic N) is 3. The summed E-state index contributed by atoms with van der Waals surface area (Å²) in [5, 5.41) is 0.636. The predicted octanol–water partition coefficient (Wildman–Crippen LogP) is 3.21. The van der Waals surface area contributed by atoms with E-state index in [1.54, 1.807) is 16.7 Å². The molecule has 0 radical (unpaired) electrons. The number of rotatable bonds is 4. The third kappa shape index (κ3) is 3.54. The van der Waals surface area contributed by atoms with Gasteiger partial charge in [-0.05, 0) is 31.5 Å². The average Bonchev–Trinajstić information content (AvgIpc) is 2.99. The van der Waals surface area contributed by atoms with Crippen LogP contribution >= 0.6 is 11.3 Å². The molecule has 0 unspecified atom stereocenters. The second-order valence-electron chi connectivity index (χ2n) is 6.79. The maximum atomic E-state index is 13.3. The fourth-order valence-electron chi connectivity index (χ4n) is 3.59. The summed E-state index contributed by atoms with van der Waals surface area (Å²) in [6.45, 7) is 8.53. The molecule has 27 heavy (non-hydrogen) atoms. The van der Waals surface area contributed by atoms with E-state index in [4.69, 9.17) is 4.74 Å². The Morgan fingerprint density at radius 1 is 1.15 bits per heavy atom. The van der Waals surface area contributed by atoms with Crippen molar-refractivity contribution < 1.29 is 9.13 Å². The van der Waals surface area contributed by atoms with Crippen molar-refractivity contribution in [2.45, 2.75) is 20.4 Å². The van der Waals surface area contributed by atoms with Crippen LogP contribution in [0.3, 0.4) is 0 Å². The molecule has 4 rings (SSSR count). The van der Waals surface area contributed by atoms with E-state index in [1.807, 2.05) is 13.8 Å². The molecule has 0 aliphatic carbocycles. The molecule has 3 aromatic rings. The van der Waals surface area contributed by atoms with Gasteiger partial charge in [-0.3, -0.25) is 14.3 Å². The second kappa shape index (κ2) is 7.50. The van der Waals surface area contributed by atoms with Crippen molar-refractivity contribution >= 4 is 21.6 Å². The van der Waals surface area contributed by atoms with E-state index in [2.05, 4.69) is 9.88 Å². The maximum Gasteiger partial charge on any atom is 0.262 e. The highest BCUT2D eigenvalue weighted by Gasteiger charge is 2.19. The first kappa shape index (κ1) is 18.3. The van der Waals surface area contributed by atoms with E-state index in [0.29, 0.717) is 11.9 Å². The Morgan fingerprint density at radius 3 is 2.56 bits per heavy atom. The Bertz CT molecular complexity index is 1020. The van der Waals surface area contributed by atoms with E-state index < -0.39 is 0 Å². The Kier molecular flexibility index (Phi) is 5.08. The first-order valence-corrected chi connectivity index (χ1v) is 9.93. The van der Waals surface area contributed by atoms with Crippen LogP contribution in [0.2, 0.25) is 0 Å². The number of hydrogen-bond acceptors (Lipinski definition) is 5. The van der Waals surface area contributed by atoms with Crippen molar-refractivity contribution in [2.75, 3.05) is 32.8 Å². The minimum Gasteiger partial charge on any atom is -0.379 e. The lowest BCUT2D eigenvalue weighted by Crippen LogP contribution is -2.39. The number of hydrogen-bond donors (Lipinski definition) is 0. The van der Waals surface area contributed by atoms with Crippen molar-refractivity contribution in [1.29, 1.82) is 0 Å². The SMILES string of the molecule is Cc1sc2nc(C)n(CCN3CCOCC3)c(=O)c2c1-c1ccc(F)cc1. The summed E-state index contributed by atoms with van der Waals surface area (Å²) in [4.78, 5) is 22.1. The van der Waals surface area contributed by atoms with Gasteiger partial charge in [-0.25, -0.2) is 9.37 Å². The van der Waals surface area contributed by atoms with Gasteiger partial charge in [0.15, 0.2) is 0 Å². The predicted molar refractivity (Wildman–Crippen MR) is 106 cm³/mol. The summed E-state index contributed by atoms with van der Waals surface area (Å²) in [7, 11) is 0. The summed E-state index contributed by atoms with van der Waals surface area (Å²) in [6.07, 6.45) is 0. The first-order chi connectivity index (χ1) is 13.0. The van der Waals surface area contributed by atoms with Crippen LogP contribution in [0.15, 0.2) is 29.1 Å². The highest BCUT2D eigenvalue weighted by atomic mass is 32.1. The number of halogens is 1. The van der Waals surface area contributed by atoms with E-state index in [1.165, 1.54) is 23.5 Å². The molecule has 0 amide bonds. The largest absolute Gasteiger partial charge is 0.379 e. The minimum absolute atomic E-state index is 0.0190. The average molecular weight is 387 g/mol. The molecule has 1 fully saturated rings. The fraction of sp³-hybridized carbons (Fsp3) is 0.400. The van der Waals surface area contributed by atoms with Crippen molar-refractivity contribution in [3.63, 3.8) is 0 Å². The third-order valence-electron chi connectivity index (χ3n) is 5.06. The van der Waals surface area contributed by atoms with Crippen LogP contribution in [0.5, 0.6) is 0 Å². The van der Waals surface area contributed by atoms with Crippen molar-refractivity contribution in [2.24, 2.45) is 0 Å². The number of ether oxygens (including phenoxy) is 1. The minimum atomic E-state index is -0.284. The van der Waals surface area contributed by atoms with Gasteiger partial charge in [0.05, 0.1) is 18.6 Å². The van der Waals surface area contributed by atoms with Gasteiger partial charge in [0.1, 0.15) is 16.5 Å². The van der Waals surface area contributed by atoms with E-state index in [0.717, 1.165) is 59.5 Å². The van der Waals surface area contributed by atoms with E-state index in [-0.39, 0.29) is 11.4 Å². The maximum absolute atomic E-state index is 13.3. The molecule has 2 aromatic heterocycles. The van der Waals surface area contributed by atoms with Crippen molar-refractivity contribution in [3.8, 4) is 11.1 Å². The first-order valence-electron chi connectivity index (χ1n) is 9.11.